The molecule has 3 rings (SSSR count). The Bertz CT molecular complexity index is 1090. The van der Waals surface area contributed by atoms with E-state index in [1.807, 2.05) is 31.2 Å². The van der Waals surface area contributed by atoms with Gasteiger partial charge in [0.25, 0.3) is 0 Å². The van der Waals surface area contributed by atoms with E-state index in [2.05, 4.69) is 20.3 Å². The van der Waals surface area contributed by atoms with Crippen molar-refractivity contribution in [1.29, 1.82) is 0 Å². The van der Waals surface area contributed by atoms with Gasteiger partial charge in [0, 0.05) is 24.5 Å². The molecule has 0 aliphatic rings. The minimum absolute atomic E-state index is 0. The van der Waals surface area contributed by atoms with Crippen LogP contribution in [0.1, 0.15) is 16.9 Å². The lowest BCUT2D eigenvalue weighted by Crippen LogP contribution is -2.36. The summed E-state index contributed by atoms with van der Waals surface area (Å²) in [5.41, 5.74) is 2.93. The van der Waals surface area contributed by atoms with E-state index in [0.717, 1.165) is 27.9 Å². The Kier molecular flexibility index (Phi) is 8.05. The molecule has 1 aromatic heterocycles. The minimum atomic E-state index is -3.42. The number of benzene rings is 2. The second kappa shape index (κ2) is 10.1. The summed E-state index contributed by atoms with van der Waals surface area (Å²) in [6.07, 6.45) is 0. The standard InChI is InChI=1S/C20H24N4O3S.HI/c1-14-17-6-4-5-7-18(17)27-19(14)13-24-20(21-2)23-12-15-8-10-16(11-9-15)28(25,26)22-3;/h4-11,22H,12-13H2,1-3H3,(H2,21,23,24);1H. The number of nitrogens with zero attached hydrogens (tertiary/aromatic N) is 1. The van der Waals surface area contributed by atoms with Gasteiger partial charge in [-0.15, -0.1) is 24.0 Å². The van der Waals surface area contributed by atoms with Gasteiger partial charge in [-0.1, -0.05) is 30.3 Å². The van der Waals surface area contributed by atoms with Gasteiger partial charge in [-0.3, -0.25) is 4.99 Å². The van der Waals surface area contributed by atoms with Gasteiger partial charge in [0.2, 0.25) is 10.0 Å². The van der Waals surface area contributed by atoms with Crippen molar-refractivity contribution in [1.82, 2.24) is 15.4 Å². The second-order valence-corrected chi connectivity index (χ2v) is 8.16. The number of aliphatic imine (C=N–C) groups is 1. The molecule has 0 saturated heterocycles. The average molecular weight is 528 g/mol. The number of hydrogen-bond acceptors (Lipinski definition) is 4. The molecule has 29 heavy (non-hydrogen) atoms. The third-order valence-electron chi connectivity index (χ3n) is 4.54. The number of fused-ring (bicyclic) bond motifs is 1. The smallest absolute Gasteiger partial charge is 0.240 e. The predicted octanol–water partition coefficient (Wildman–Crippen LogP) is 3.13. The van der Waals surface area contributed by atoms with E-state index in [-0.39, 0.29) is 28.9 Å². The molecule has 0 unspecified atom stereocenters. The molecule has 0 radical (unpaired) electrons. The molecule has 1 heterocycles. The molecule has 0 spiro atoms. The van der Waals surface area contributed by atoms with Gasteiger partial charge in [0.05, 0.1) is 11.4 Å². The molecule has 7 nitrogen and oxygen atoms in total. The molecule has 0 fully saturated rings. The molecule has 0 aliphatic heterocycles. The zero-order valence-corrected chi connectivity index (χ0v) is 19.7. The van der Waals surface area contributed by atoms with Crippen molar-refractivity contribution >= 4 is 50.9 Å². The van der Waals surface area contributed by atoms with Gasteiger partial charge in [0.15, 0.2) is 5.96 Å². The predicted molar refractivity (Wildman–Crippen MR) is 126 cm³/mol. The van der Waals surface area contributed by atoms with Crippen LogP contribution in [-0.4, -0.2) is 28.5 Å². The van der Waals surface area contributed by atoms with Crippen molar-refractivity contribution in [2.45, 2.75) is 24.9 Å². The number of sulfonamides is 1. The van der Waals surface area contributed by atoms with Crippen molar-refractivity contribution in [2.75, 3.05) is 14.1 Å². The van der Waals surface area contributed by atoms with Crippen LogP contribution in [0.25, 0.3) is 11.0 Å². The van der Waals surface area contributed by atoms with Gasteiger partial charge in [-0.05, 0) is 37.7 Å². The molecule has 0 amide bonds. The Morgan fingerprint density at radius 2 is 1.69 bits per heavy atom. The number of nitrogens with one attached hydrogen (secondary N) is 3. The summed E-state index contributed by atoms with van der Waals surface area (Å²) in [6, 6.07) is 14.7. The summed E-state index contributed by atoms with van der Waals surface area (Å²) in [6.45, 7) is 3.07. The summed E-state index contributed by atoms with van der Waals surface area (Å²) in [5.74, 6) is 1.50. The number of aryl methyl sites for hydroxylation is 1. The number of furan rings is 1. The lowest BCUT2D eigenvalue weighted by molar-refractivity contribution is 0.534. The fourth-order valence-electron chi connectivity index (χ4n) is 2.87. The van der Waals surface area contributed by atoms with Gasteiger partial charge >= 0.3 is 0 Å². The number of halogens is 1. The van der Waals surface area contributed by atoms with Crippen LogP contribution in [0, 0.1) is 6.92 Å². The summed E-state index contributed by atoms with van der Waals surface area (Å²) < 4.78 is 31.7. The first-order valence-electron chi connectivity index (χ1n) is 8.88. The molecular formula is C20H25IN4O3S. The second-order valence-electron chi connectivity index (χ2n) is 6.28. The molecule has 3 N–H and O–H groups in total. The molecule has 0 aliphatic carbocycles. The Morgan fingerprint density at radius 3 is 2.31 bits per heavy atom. The summed E-state index contributed by atoms with van der Waals surface area (Å²) in [4.78, 5) is 4.46. The van der Waals surface area contributed by atoms with E-state index < -0.39 is 10.0 Å². The van der Waals surface area contributed by atoms with E-state index in [0.29, 0.717) is 19.0 Å². The molecule has 2 aromatic carbocycles. The summed E-state index contributed by atoms with van der Waals surface area (Å²) in [7, 11) is -0.331. The fourth-order valence-corrected chi connectivity index (χ4v) is 3.60. The minimum Gasteiger partial charge on any atom is -0.459 e. The molecule has 0 bridgehead atoms. The first-order valence-corrected chi connectivity index (χ1v) is 10.4. The zero-order chi connectivity index (χ0) is 20.1. The SMILES string of the molecule is CN=C(NCc1ccc(S(=O)(=O)NC)cc1)NCc1oc2ccccc2c1C.I. The van der Waals surface area contributed by atoms with E-state index in [1.54, 1.807) is 31.3 Å². The first-order chi connectivity index (χ1) is 13.4. The van der Waals surface area contributed by atoms with Crippen LogP contribution in [0.5, 0.6) is 0 Å². The summed E-state index contributed by atoms with van der Waals surface area (Å²) in [5, 5.41) is 7.57. The number of guanidine groups is 1. The number of rotatable bonds is 6. The van der Waals surface area contributed by atoms with Crippen LogP contribution >= 0.6 is 24.0 Å². The highest BCUT2D eigenvalue weighted by Crippen LogP contribution is 2.24. The quantitative estimate of drug-likeness (QED) is 0.260. The van der Waals surface area contributed by atoms with Crippen LogP contribution in [0.2, 0.25) is 0 Å². The highest BCUT2D eigenvalue weighted by Gasteiger charge is 2.11. The van der Waals surface area contributed by atoms with Crippen LogP contribution in [-0.2, 0) is 23.1 Å². The highest BCUT2D eigenvalue weighted by atomic mass is 127. The fraction of sp³-hybridized carbons (Fsp3) is 0.250. The Hall–Kier alpha value is -2.11. The highest BCUT2D eigenvalue weighted by molar-refractivity contribution is 14.0. The lowest BCUT2D eigenvalue weighted by atomic mass is 10.1. The third kappa shape index (κ3) is 5.49. The maximum atomic E-state index is 11.8. The van der Waals surface area contributed by atoms with E-state index >= 15 is 0 Å². The van der Waals surface area contributed by atoms with Gasteiger partial charge in [0.1, 0.15) is 11.3 Å². The van der Waals surface area contributed by atoms with E-state index in [1.165, 1.54) is 7.05 Å². The van der Waals surface area contributed by atoms with Crippen LogP contribution in [0.15, 0.2) is 62.8 Å². The average Bonchev–Trinajstić information content (AvgIpc) is 3.04. The van der Waals surface area contributed by atoms with E-state index in [9.17, 15) is 8.42 Å². The third-order valence-corrected chi connectivity index (χ3v) is 5.98. The monoisotopic (exact) mass is 528 g/mol. The van der Waals surface area contributed by atoms with Crippen LogP contribution < -0.4 is 15.4 Å². The Morgan fingerprint density at radius 1 is 1.03 bits per heavy atom. The lowest BCUT2D eigenvalue weighted by Gasteiger charge is -2.12. The first kappa shape index (κ1) is 23.2. The Balaban J connectivity index is 0.00000300. The van der Waals surface area contributed by atoms with Crippen molar-refractivity contribution < 1.29 is 12.8 Å². The number of hydrogen-bond donors (Lipinski definition) is 3. The Labute approximate surface area is 188 Å². The topological polar surface area (TPSA) is 95.7 Å². The summed E-state index contributed by atoms with van der Waals surface area (Å²) >= 11 is 0. The van der Waals surface area contributed by atoms with Crippen LogP contribution in [0.3, 0.4) is 0 Å². The van der Waals surface area contributed by atoms with Crippen molar-refractivity contribution in [2.24, 2.45) is 4.99 Å². The van der Waals surface area contributed by atoms with Crippen LogP contribution in [0.4, 0.5) is 0 Å². The molecule has 3 aromatic rings. The molecule has 0 atom stereocenters. The van der Waals surface area contributed by atoms with Gasteiger partial charge in [-0.2, -0.15) is 0 Å². The van der Waals surface area contributed by atoms with Crippen molar-refractivity contribution in [3.63, 3.8) is 0 Å². The molecule has 156 valence electrons. The van der Waals surface area contributed by atoms with Gasteiger partial charge in [-0.25, -0.2) is 13.1 Å². The zero-order valence-electron chi connectivity index (χ0n) is 16.5. The van der Waals surface area contributed by atoms with E-state index in [4.69, 9.17) is 4.42 Å². The van der Waals surface area contributed by atoms with Gasteiger partial charge < -0.3 is 15.1 Å². The molecule has 0 saturated carbocycles. The maximum absolute atomic E-state index is 11.8. The normalized spacial score (nSPS) is 11.9. The maximum Gasteiger partial charge on any atom is 0.240 e. The van der Waals surface area contributed by atoms with Crippen molar-refractivity contribution in [3.8, 4) is 0 Å². The molecular weight excluding hydrogens is 503 g/mol. The number of para-hydroxylation sites is 1. The van der Waals surface area contributed by atoms with Crippen molar-refractivity contribution in [3.05, 3.63) is 65.4 Å². The molecule has 9 heteroatoms. The largest absolute Gasteiger partial charge is 0.459 e.